The molecule has 1 aromatic heterocycles. The molecule has 2 aromatic rings. The molecule has 1 atom stereocenters. The zero-order chi connectivity index (χ0) is 10.8. The monoisotopic (exact) mass is 344 g/mol. The zero-order valence-corrected chi connectivity index (χ0v) is 12.2. The van der Waals surface area contributed by atoms with Gasteiger partial charge in [-0.3, -0.25) is 0 Å². The lowest BCUT2D eigenvalue weighted by Crippen LogP contribution is -1.91. The van der Waals surface area contributed by atoms with E-state index >= 15 is 0 Å². The van der Waals surface area contributed by atoms with Gasteiger partial charge in [-0.05, 0) is 35.6 Å². The molecular formula is C12H10Br2S. The maximum absolute atomic E-state index is 3.73. The van der Waals surface area contributed by atoms with Crippen LogP contribution in [0.4, 0.5) is 0 Å². The molecule has 1 aromatic carbocycles. The van der Waals surface area contributed by atoms with Gasteiger partial charge in [0.25, 0.3) is 0 Å². The number of hydrogen-bond donors (Lipinski definition) is 0. The fourth-order valence-electron chi connectivity index (χ4n) is 1.43. The average Bonchev–Trinajstić information content (AvgIpc) is 2.69. The smallest absolute Gasteiger partial charge is 0.0748 e. The summed E-state index contributed by atoms with van der Waals surface area (Å²) in [6, 6.07) is 10.7. The summed E-state index contributed by atoms with van der Waals surface area (Å²) >= 11 is 9.11. The molecule has 0 aliphatic heterocycles. The summed E-state index contributed by atoms with van der Waals surface area (Å²) in [5, 5.41) is 2.10. The number of aryl methyl sites for hydroxylation is 1. The molecule has 0 aliphatic carbocycles. The molecule has 0 fully saturated rings. The van der Waals surface area contributed by atoms with Gasteiger partial charge in [0, 0.05) is 9.35 Å². The second-order valence-corrected chi connectivity index (χ2v) is 6.15. The van der Waals surface area contributed by atoms with Gasteiger partial charge in [0.05, 0.1) is 4.83 Å². The Hall–Kier alpha value is -0.120. The van der Waals surface area contributed by atoms with Crippen LogP contribution in [0.25, 0.3) is 0 Å². The summed E-state index contributed by atoms with van der Waals surface area (Å²) in [5.74, 6) is 0. The van der Waals surface area contributed by atoms with Crippen molar-refractivity contribution in [2.24, 2.45) is 0 Å². The largest absolute Gasteiger partial charge is 0.147 e. The Morgan fingerprint density at radius 2 is 2.07 bits per heavy atom. The molecular weight excluding hydrogens is 336 g/mol. The van der Waals surface area contributed by atoms with Crippen molar-refractivity contribution in [2.45, 2.75) is 11.8 Å². The molecule has 0 bridgehead atoms. The van der Waals surface area contributed by atoms with Gasteiger partial charge in [-0.15, -0.1) is 11.3 Å². The highest BCUT2D eigenvalue weighted by Gasteiger charge is 2.13. The van der Waals surface area contributed by atoms with E-state index in [0.717, 1.165) is 4.47 Å². The lowest BCUT2D eigenvalue weighted by molar-refractivity contribution is 1.20. The van der Waals surface area contributed by atoms with Crippen LogP contribution >= 0.6 is 43.2 Å². The topological polar surface area (TPSA) is 0 Å². The molecule has 0 N–H and O–H groups in total. The predicted molar refractivity (Wildman–Crippen MR) is 74.0 cm³/mol. The number of thiophene rings is 1. The second kappa shape index (κ2) is 4.81. The lowest BCUT2D eigenvalue weighted by Gasteiger charge is -2.10. The van der Waals surface area contributed by atoms with E-state index in [1.54, 1.807) is 11.3 Å². The van der Waals surface area contributed by atoms with E-state index in [-0.39, 0.29) is 4.83 Å². The SMILES string of the molecule is Cc1ccc(C(Br)c2cccs2)c(Br)c1. The molecule has 1 unspecified atom stereocenters. The van der Waals surface area contributed by atoms with Gasteiger partial charge in [0.2, 0.25) is 0 Å². The first-order valence-corrected chi connectivity index (χ1v) is 7.21. The van der Waals surface area contributed by atoms with Gasteiger partial charge >= 0.3 is 0 Å². The van der Waals surface area contributed by atoms with E-state index in [2.05, 4.69) is 74.5 Å². The minimum absolute atomic E-state index is 0.285. The van der Waals surface area contributed by atoms with Gasteiger partial charge in [0.1, 0.15) is 0 Å². The van der Waals surface area contributed by atoms with E-state index in [1.807, 2.05) is 0 Å². The molecule has 15 heavy (non-hydrogen) atoms. The average molecular weight is 346 g/mol. The molecule has 0 spiro atoms. The van der Waals surface area contributed by atoms with Crippen molar-refractivity contribution < 1.29 is 0 Å². The molecule has 0 aliphatic rings. The van der Waals surface area contributed by atoms with Crippen LogP contribution in [0.3, 0.4) is 0 Å². The minimum atomic E-state index is 0.285. The van der Waals surface area contributed by atoms with E-state index in [1.165, 1.54) is 16.0 Å². The number of rotatable bonds is 2. The molecule has 3 heteroatoms. The first-order chi connectivity index (χ1) is 7.18. The van der Waals surface area contributed by atoms with Crippen molar-refractivity contribution in [3.05, 3.63) is 56.2 Å². The van der Waals surface area contributed by atoms with Crippen molar-refractivity contribution in [3.8, 4) is 0 Å². The number of halogens is 2. The van der Waals surface area contributed by atoms with Crippen molar-refractivity contribution in [2.75, 3.05) is 0 Å². The predicted octanol–water partition coefficient (Wildman–Crippen LogP) is 5.30. The van der Waals surface area contributed by atoms with Gasteiger partial charge in [-0.1, -0.05) is 50.1 Å². The fourth-order valence-corrected chi connectivity index (χ4v) is 4.05. The van der Waals surface area contributed by atoms with Crippen molar-refractivity contribution >= 4 is 43.2 Å². The van der Waals surface area contributed by atoms with E-state index in [0.29, 0.717) is 0 Å². The molecule has 0 saturated carbocycles. The number of hydrogen-bond acceptors (Lipinski definition) is 1. The Kier molecular flexibility index (Phi) is 3.65. The van der Waals surface area contributed by atoms with Crippen LogP contribution in [-0.4, -0.2) is 0 Å². The summed E-state index contributed by atoms with van der Waals surface area (Å²) < 4.78 is 1.16. The lowest BCUT2D eigenvalue weighted by atomic mass is 10.1. The highest BCUT2D eigenvalue weighted by Crippen LogP contribution is 2.37. The first-order valence-electron chi connectivity index (χ1n) is 4.62. The molecule has 0 nitrogen and oxygen atoms in total. The Morgan fingerprint density at radius 1 is 1.27 bits per heavy atom. The highest BCUT2D eigenvalue weighted by atomic mass is 79.9. The quantitative estimate of drug-likeness (QED) is 0.647. The highest BCUT2D eigenvalue weighted by molar-refractivity contribution is 9.11. The molecule has 2 rings (SSSR count). The maximum atomic E-state index is 3.73. The number of alkyl halides is 1. The molecule has 0 amide bonds. The normalized spacial score (nSPS) is 12.7. The standard InChI is InChI=1S/C12H10Br2S/c1-8-4-5-9(10(13)7-8)12(14)11-3-2-6-15-11/h2-7,12H,1H3. The van der Waals surface area contributed by atoms with Crippen molar-refractivity contribution in [1.29, 1.82) is 0 Å². The van der Waals surface area contributed by atoms with Crippen LogP contribution in [0.2, 0.25) is 0 Å². The second-order valence-electron chi connectivity index (χ2n) is 3.40. The van der Waals surface area contributed by atoms with Gasteiger partial charge in [-0.2, -0.15) is 0 Å². The van der Waals surface area contributed by atoms with Gasteiger partial charge in [0.15, 0.2) is 0 Å². The Morgan fingerprint density at radius 3 is 2.67 bits per heavy atom. The van der Waals surface area contributed by atoms with Crippen LogP contribution in [0.5, 0.6) is 0 Å². The van der Waals surface area contributed by atoms with E-state index in [4.69, 9.17) is 0 Å². The summed E-state index contributed by atoms with van der Waals surface area (Å²) in [4.78, 5) is 1.62. The summed E-state index contributed by atoms with van der Waals surface area (Å²) in [6.45, 7) is 2.10. The third kappa shape index (κ3) is 2.52. The Bertz CT molecular complexity index is 449. The van der Waals surface area contributed by atoms with E-state index in [9.17, 15) is 0 Å². The summed E-state index contributed by atoms with van der Waals surface area (Å²) in [5.41, 5.74) is 2.56. The Balaban J connectivity index is 2.38. The first kappa shape index (κ1) is 11.4. The summed E-state index contributed by atoms with van der Waals surface area (Å²) in [6.07, 6.45) is 0. The van der Waals surface area contributed by atoms with Crippen LogP contribution in [0, 0.1) is 6.92 Å². The third-order valence-corrected chi connectivity index (χ3v) is 5.14. The minimum Gasteiger partial charge on any atom is -0.147 e. The van der Waals surface area contributed by atoms with Crippen LogP contribution in [0.15, 0.2) is 40.2 Å². The number of benzene rings is 1. The molecule has 0 radical (unpaired) electrons. The Labute approximate surface area is 111 Å². The molecule has 0 saturated heterocycles. The van der Waals surface area contributed by atoms with Gasteiger partial charge < -0.3 is 0 Å². The van der Waals surface area contributed by atoms with Crippen molar-refractivity contribution in [1.82, 2.24) is 0 Å². The third-order valence-electron chi connectivity index (χ3n) is 2.22. The molecule has 78 valence electrons. The van der Waals surface area contributed by atoms with Crippen LogP contribution in [-0.2, 0) is 0 Å². The maximum Gasteiger partial charge on any atom is 0.0748 e. The molecule has 1 heterocycles. The van der Waals surface area contributed by atoms with Crippen LogP contribution < -0.4 is 0 Å². The van der Waals surface area contributed by atoms with Crippen molar-refractivity contribution in [3.63, 3.8) is 0 Å². The van der Waals surface area contributed by atoms with E-state index < -0.39 is 0 Å². The fraction of sp³-hybridized carbons (Fsp3) is 0.167. The van der Waals surface area contributed by atoms with Gasteiger partial charge in [-0.25, -0.2) is 0 Å². The zero-order valence-electron chi connectivity index (χ0n) is 8.21. The summed E-state index contributed by atoms with van der Waals surface area (Å²) in [7, 11) is 0. The van der Waals surface area contributed by atoms with Crippen LogP contribution in [0.1, 0.15) is 20.8 Å².